The second-order valence-electron chi connectivity index (χ2n) is 7.03. The van der Waals surface area contributed by atoms with Gasteiger partial charge in [-0.05, 0) is 71.3 Å². The molecule has 3 rings (SSSR count). The van der Waals surface area contributed by atoms with Crippen molar-refractivity contribution in [1.29, 1.82) is 0 Å². The fourth-order valence-corrected chi connectivity index (χ4v) is 3.58. The summed E-state index contributed by atoms with van der Waals surface area (Å²) in [6.07, 6.45) is 6.00. The summed E-state index contributed by atoms with van der Waals surface area (Å²) in [6.45, 7) is 4.32. The number of aromatic hydroxyl groups is 2. The molecule has 0 heterocycles. The molecule has 3 aromatic carbocycles. The molecular weight excluding hydrogens is 320 g/mol. The van der Waals surface area contributed by atoms with Gasteiger partial charge in [0, 0.05) is 5.56 Å². The summed E-state index contributed by atoms with van der Waals surface area (Å²) in [5, 5.41) is 23.5. The Hall–Kier alpha value is -2.48. The molecule has 0 fully saturated rings. The van der Waals surface area contributed by atoms with Crippen LogP contribution in [0.1, 0.15) is 50.7 Å². The van der Waals surface area contributed by atoms with Gasteiger partial charge in [0.15, 0.2) is 0 Å². The quantitative estimate of drug-likeness (QED) is 0.505. The van der Waals surface area contributed by atoms with Crippen LogP contribution in [0.25, 0.3) is 21.9 Å². The number of unbranched alkanes of at least 4 members (excludes halogenated alkanes) is 2. The van der Waals surface area contributed by atoms with E-state index in [2.05, 4.69) is 38.1 Å². The molecule has 0 saturated heterocycles. The summed E-state index contributed by atoms with van der Waals surface area (Å²) >= 11 is 0. The third-order valence-electron chi connectivity index (χ3n) is 5.06. The van der Waals surface area contributed by atoms with Crippen LogP contribution in [0.3, 0.4) is 0 Å². The zero-order valence-electron chi connectivity index (χ0n) is 15.8. The molecule has 2 heteroatoms. The third kappa shape index (κ3) is 3.70. The minimum atomic E-state index is 0.289. The molecule has 0 aromatic heterocycles. The Morgan fingerprint density at radius 1 is 0.769 bits per heavy atom. The molecule has 2 N–H and O–H groups in total. The highest BCUT2D eigenvalue weighted by Crippen LogP contribution is 2.40. The topological polar surface area (TPSA) is 40.5 Å². The smallest absolute Gasteiger partial charge is 0.124 e. The average Bonchev–Trinajstić information content (AvgIpc) is 2.66. The lowest BCUT2D eigenvalue weighted by molar-refractivity contribution is 0.458. The predicted molar refractivity (Wildman–Crippen MR) is 110 cm³/mol. The van der Waals surface area contributed by atoms with Crippen molar-refractivity contribution in [2.24, 2.45) is 0 Å². The number of benzene rings is 3. The van der Waals surface area contributed by atoms with Gasteiger partial charge in [0.05, 0.1) is 0 Å². The standard InChI is InChI=1S/C24H28O2/c1-3-5-9-18-15-20(16-19(24(18)26)10-6-4-2)23-21-12-8-7-11-17(21)13-14-22(23)25/h7-8,11-16,25-26H,3-6,9-10H2,1-2H3. The van der Waals surface area contributed by atoms with Crippen LogP contribution in [0.2, 0.25) is 0 Å². The Bertz CT molecular complexity index is 867. The van der Waals surface area contributed by atoms with Gasteiger partial charge in [-0.15, -0.1) is 0 Å². The minimum Gasteiger partial charge on any atom is -0.507 e. The second kappa shape index (κ2) is 8.27. The Morgan fingerprint density at radius 2 is 1.38 bits per heavy atom. The van der Waals surface area contributed by atoms with E-state index in [-0.39, 0.29) is 5.75 Å². The van der Waals surface area contributed by atoms with E-state index >= 15 is 0 Å². The van der Waals surface area contributed by atoms with Gasteiger partial charge in [0.2, 0.25) is 0 Å². The molecule has 0 aliphatic carbocycles. The number of phenols is 2. The van der Waals surface area contributed by atoms with E-state index in [1.807, 2.05) is 18.2 Å². The van der Waals surface area contributed by atoms with Crippen molar-refractivity contribution in [3.8, 4) is 22.6 Å². The normalized spacial score (nSPS) is 11.2. The van der Waals surface area contributed by atoms with E-state index in [1.54, 1.807) is 6.07 Å². The molecule has 3 aromatic rings. The van der Waals surface area contributed by atoms with Gasteiger partial charge in [-0.3, -0.25) is 0 Å². The molecule has 0 amide bonds. The monoisotopic (exact) mass is 348 g/mol. The summed E-state index contributed by atoms with van der Waals surface area (Å²) in [5.41, 5.74) is 3.83. The maximum absolute atomic E-state index is 10.7. The van der Waals surface area contributed by atoms with Crippen LogP contribution in [0, 0.1) is 0 Å². The molecule has 0 radical (unpaired) electrons. The average molecular weight is 348 g/mol. The number of phenolic OH excluding ortho intramolecular Hbond substituents is 2. The van der Waals surface area contributed by atoms with Gasteiger partial charge >= 0.3 is 0 Å². The number of rotatable bonds is 7. The molecule has 0 aliphatic heterocycles. The Labute approximate surface area is 156 Å². The van der Waals surface area contributed by atoms with Gasteiger partial charge < -0.3 is 10.2 Å². The SMILES string of the molecule is CCCCc1cc(-c2c(O)ccc3ccccc23)cc(CCCC)c1O. The predicted octanol–water partition coefficient (Wildman–Crippen LogP) is 6.60. The van der Waals surface area contributed by atoms with Gasteiger partial charge in [-0.25, -0.2) is 0 Å². The highest BCUT2D eigenvalue weighted by Gasteiger charge is 2.15. The minimum absolute atomic E-state index is 0.289. The fourth-order valence-electron chi connectivity index (χ4n) is 3.58. The van der Waals surface area contributed by atoms with Crippen molar-refractivity contribution in [2.45, 2.75) is 52.4 Å². The van der Waals surface area contributed by atoms with E-state index in [9.17, 15) is 10.2 Å². The molecule has 0 spiro atoms. The fraction of sp³-hybridized carbons (Fsp3) is 0.333. The van der Waals surface area contributed by atoms with Crippen LogP contribution >= 0.6 is 0 Å². The second-order valence-corrected chi connectivity index (χ2v) is 7.03. The summed E-state index contributed by atoms with van der Waals surface area (Å²) < 4.78 is 0. The molecule has 136 valence electrons. The van der Waals surface area contributed by atoms with Crippen LogP contribution < -0.4 is 0 Å². The Morgan fingerprint density at radius 3 is 2.00 bits per heavy atom. The first-order valence-electron chi connectivity index (χ1n) is 9.71. The lowest BCUT2D eigenvalue weighted by Crippen LogP contribution is -1.95. The van der Waals surface area contributed by atoms with E-state index in [4.69, 9.17) is 0 Å². The molecular formula is C24H28O2. The lowest BCUT2D eigenvalue weighted by Gasteiger charge is -2.16. The van der Waals surface area contributed by atoms with Crippen LogP contribution in [0.5, 0.6) is 11.5 Å². The zero-order valence-corrected chi connectivity index (χ0v) is 15.8. The number of hydrogen-bond acceptors (Lipinski definition) is 2. The van der Waals surface area contributed by atoms with Crippen LogP contribution in [-0.4, -0.2) is 10.2 Å². The van der Waals surface area contributed by atoms with E-state index in [0.717, 1.165) is 71.6 Å². The van der Waals surface area contributed by atoms with Crippen molar-refractivity contribution in [2.75, 3.05) is 0 Å². The molecule has 26 heavy (non-hydrogen) atoms. The first-order valence-corrected chi connectivity index (χ1v) is 9.71. The maximum atomic E-state index is 10.7. The molecule has 0 atom stereocenters. The highest BCUT2D eigenvalue weighted by molar-refractivity contribution is 5.99. The molecule has 0 unspecified atom stereocenters. The summed E-state index contributed by atoms with van der Waals surface area (Å²) in [5.74, 6) is 0.729. The van der Waals surface area contributed by atoms with Crippen LogP contribution in [0.4, 0.5) is 0 Å². The van der Waals surface area contributed by atoms with E-state index in [1.165, 1.54) is 0 Å². The van der Waals surface area contributed by atoms with Gasteiger partial charge in [0.1, 0.15) is 11.5 Å². The van der Waals surface area contributed by atoms with Gasteiger partial charge in [-0.2, -0.15) is 0 Å². The third-order valence-corrected chi connectivity index (χ3v) is 5.06. The summed E-state index contributed by atoms with van der Waals surface area (Å²) in [7, 11) is 0. The van der Waals surface area contributed by atoms with Crippen molar-refractivity contribution in [3.63, 3.8) is 0 Å². The molecule has 0 saturated carbocycles. The number of aryl methyl sites for hydroxylation is 2. The number of fused-ring (bicyclic) bond motifs is 1. The van der Waals surface area contributed by atoms with Crippen molar-refractivity contribution in [1.82, 2.24) is 0 Å². The Kier molecular flexibility index (Phi) is 5.82. The van der Waals surface area contributed by atoms with Crippen LogP contribution in [0.15, 0.2) is 48.5 Å². The van der Waals surface area contributed by atoms with Crippen molar-refractivity contribution in [3.05, 3.63) is 59.7 Å². The molecule has 0 bridgehead atoms. The lowest BCUT2D eigenvalue weighted by atomic mass is 9.91. The highest BCUT2D eigenvalue weighted by atomic mass is 16.3. The van der Waals surface area contributed by atoms with E-state index < -0.39 is 0 Å². The summed E-state index contributed by atoms with van der Waals surface area (Å²) in [6, 6.07) is 16.0. The van der Waals surface area contributed by atoms with Gasteiger partial charge in [-0.1, -0.05) is 57.0 Å². The first-order chi connectivity index (χ1) is 12.7. The maximum Gasteiger partial charge on any atom is 0.124 e. The van der Waals surface area contributed by atoms with Crippen molar-refractivity contribution < 1.29 is 10.2 Å². The summed E-state index contributed by atoms with van der Waals surface area (Å²) in [4.78, 5) is 0. The van der Waals surface area contributed by atoms with Crippen LogP contribution in [-0.2, 0) is 12.8 Å². The van der Waals surface area contributed by atoms with Gasteiger partial charge in [0.25, 0.3) is 0 Å². The van der Waals surface area contributed by atoms with Crippen molar-refractivity contribution >= 4 is 10.8 Å². The van der Waals surface area contributed by atoms with E-state index in [0.29, 0.717) is 5.75 Å². The first kappa shape index (κ1) is 18.3. The zero-order chi connectivity index (χ0) is 18.5. The number of hydrogen-bond donors (Lipinski definition) is 2. The molecule has 0 aliphatic rings. The Balaban J connectivity index is 2.19. The molecule has 2 nitrogen and oxygen atoms in total. The largest absolute Gasteiger partial charge is 0.507 e.